The Morgan fingerprint density at radius 2 is 2.04 bits per heavy atom. The Kier molecular flexibility index (Phi) is 5.80. The smallest absolute Gasteiger partial charge is 0.337 e. The highest BCUT2D eigenvalue weighted by Crippen LogP contribution is 2.57. The average molecular weight is 376 g/mol. The van der Waals surface area contributed by atoms with Gasteiger partial charge in [0.05, 0.1) is 0 Å². The molecule has 0 aromatic carbocycles. The molecule has 0 aromatic heterocycles. The highest BCUT2D eigenvalue weighted by Gasteiger charge is 2.55. The molecule has 0 unspecified atom stereocenters. The second-order valence-electron chi connectivity index (χ2n) is 8.86. The minimum Gasteiger partial charge on any atom is -0.462 e. The monoisotopic (exact) mass is 376 g/mol. The number of esters is 2. The van der Waals surface area contributed by atoms with Crippen molar-refractivity contribution in [1.29, 1.82) is 0 Å². The Morgan fingerprint density at radius 3 is 2.67 bits per heavy atom. The summed E-state index contributed by atoms with van der Waals surface area (Å²) in [7, 11) is 0. The molecule has 150 valence electrons. The standard InChI is InChI=1S/C22H32O5/c1-11(2)7-6-8-12(3)18-17(26-14(5)23)9-13(4)15-10-16(15)19-20(18)22(25)27-21(19)24/h7,12-13,15-18,22,25H,6,8-10H2,1-5H3/t12-,13-,15+,16+,17-,18-,22-/m0/s1. The van der Waals surface area contributed by atoms with Crippen LogP contribution in [0.4, 0.5) is 0 Å². The first kappa shape index (κ1) is 20.1. The molecule has 0 radical (unpaired) electrons. The summed E-state index contributed by atoms with van der Waals surface area (Å²) in [5, 5.41) is 10.5. The quantitative estimate of drug-likeness (QED) is 0.584. The molecule has 1 N–H and O–H groups in total. The Labute approximate surface area is 161 Å². The van der Waals surface area contributed by atoms with E-state index >= 15 is 0 Å². The van der Waals surface area contributed by atoms with E-state index in [9.17, 15) is 14.7 Å². The fourth-order valence-corrected chi connectivity index (χ4v) is 5.07. The predicted molar refractivity (Wildman–Crippen MR) is 101 cm³/mol. The number of hydrogen-bond acceptors (Lipinski definition) is 5. The predicted octanol–water partition coefficient (Wildman–Crippen LogP) is 3.76. The summed E-state index contributed by atoms with van der Waals surface area (Å²) in [6.07, 6.45) is 4.17. The molecule has 1 aliphatic heterocycles. The topological polar surface area (TPSA) is 72.8 Å². The summed E-state index contributed by atoms with van der Waals surface area (Å²) in [4.78, 5) is 24.3. The van der Waals surface area contributed by atoms with Crippen molar-refractivity contribution in [1.82, 2.24) is 0 Å². The van der Waals surface area contributed by atoms with E-state index in [-0.39, 0.29) is 35.8 Å². The normalized spacial score (nSPS) is 36.0. The van der Waals surface area contributed by atoms with Gasteiger partial charge >= 0.3 is 11.9 Å². The summed E-state index contributed by atoms with van der Waals surface area (Å²) in [5.41, 5.74) is 2.61. The number of aliphatic hydroxyl groups excluding tert-OH is 1. The van der Waals surface area contributed by atoms with Crippen molar-refractivity contribution < 1.29 is 24.2 Å². The van der Waals surface area contributed by atoms with Gasteiger partial charge in [-0.15, -0.1) is 0 Å². The summed E-state index contributed by atoms with van der Waals surface area (Å²) < 4.78 is 11.0. The van der Waals surface area contributed by atoms with Crippen LogP contribution in [0.2, 0.25) is 0 Å². The Morgan fingerprint density at radius 1 is 1.33 bits per heavy atom. The zero-order chi connectivity index (χ0) is 19.9. The van der Waals surface area contributed by atoms with E-state index in [0.717, 1.165) is 25.7 Å². The van der Waals surface area contributed by atoms with Crippen LogP contribution in [0.1, 0.15) is 60.3 Å². The van der Waals surface area contributed by atoms with Crippen LogP contribution in [0.25, 0.3) is 0 Å². The van der Waals surface area contributed by atoms with Crippen LogP contribution in [-0.2, 0) is 19.1 Å². The first-order valence-corrected chi connectivity index (χ1v) is 10.1. The van der Waals surface area contributed by atoms with Gasteiger partial charge in [-0.25, -0.2) is 4.79 Å². The van der Waals surface area contributed by atoms with Crippen molar-refractivity contribution in [2.24, 2.45) is 29.6 Å². The highest BCUT2D eigenvalue weighted by atomic mass is 16.6. The molecule has 1 heterocycles. The van der Waals surface area contributed by atoms with Crippen molar-refractivity contribution in [3.63, 3.8) is 0 Å². The van der Waals surface area contributed by atoms with E-state index in [1.807, 2.05) is 0 Å². The lowest BCUT2D eigenvalue weighted by atomic mass is 9.73. The molecule has 5 nitrogen and oxygen atoms in total. The molecule has 27 heavy (non-hydrogen) atoms. The van der Waals surface area contributed by atoms with Crippen molar-refractivity contribution >= 4 is 11.9 Å². The largest absolute Gasteiger partial charge is 0.462 e. The van der Waals surface area contributed by atoms with E-state index < -0.39 is 6.29 Å². The number of carbonyl (C=O) groups excluding carboxylic acids is 2. The van der Waals surface area contributed by atoms with Crippen LogP contribution in [0, 0.1) is 29.6 Å². The number of cyclic esters (lactones) is 1. The fraction of sp³-hybridized carbons (Fsp3) is 0.727. The molecule has 2 aliphatic carbocycles. The second-order valence-corrected chi connectivity index (χ2v) is 8.86. The molecule has 3 rings (SSSR count). The van der Waals surface area contributed by atoms with E-state index in [1.54, 1.807) is 0 Å². The first-order chi connectivity index (χ1) is 12.7. The van der Waals surface area contributed by atoms with Crippen molar-refractivity contribution in [2.45, 2.75) is 72.7 Å². The molecule has 1 fully saturated rings. The zero-order valence-electron chi connectivity index (χ0n) is 17.0. The number of hydrogen-bond donors (Lipinski definition) is 1. The Hall–Kier alpha value is -1.62. The zero-order valence-corrected chi connectivity index (χ0v) is 17.0. The van der Waals surface area contributed by atoms with Gasteiger partial charge in [-0.05, 0) is 63.2 Å². The summed E-state index contributed by atoms with van der Waals surface area (Å²) in [6.45, 7) is 9.87. The highest BCUT2D eigenvalue weighted by molar-refractivity contribution is 5.93. The van der Waals surface area contributed by atoms with Crippen LogP contribution < -0.4 is 0 Å². The van der Waals surface area contributed by atoms with Crippen molar-refractivity contribution in [3.05, 3.63) is 22.8 Å². The average Bonchev–Trinajstić information content (AvgIpc) is 3.26. The van der Waals surface area contributed by atoms with Crippen LogP contribution in [0.15, 0.2) is 22.8 Å². The van der Waals surface area contributed by atoms with E-state index in [4.69, 9.17) is 9.47 Å². The maximum absolute atomic E-state index is 12.5. The number of aliphatic hydroxyl groups is 1. The summed E-state index contributed by atoms with van der Waals surface area (Å²) >= 11 is 0. The van der Waals surface area contributed by atoms with Crippen molar-refractivity contribution in [2.75, 3.05) is 0 Å². The molecule has 0 bridgehead atoms. The lowest BCUT2D eigenvalue weighted by Gasteiger charge is -2.36. The molecule has 0 spiro atoms. The Bertz CT molecular complexity index is 672. The van der Waals surface area contributed by atoms with Crippen LogP contribution in [-0.4, -0.2) is 29.4 Å². The molecular formula is C22H32O5. The third kappa shape index (κ3) is 4.13. The molecule has 0 saturated heterocycles. The molecular weight excluding hydrogens is 344 g/mol. The summed E-state index contributed by atoms with van der Waals surface area (Å²) in [6, 6.07) is 0. The molecule has 1 saturated carbocycles. The molecule has 0 amide bonds. The Balaban J connectivity index is 1.98. The molecule has 3 aliphatic rings. The molecule has 7 atom stereocenters. The minimum atomic E-state index is -1.21. The maximum atomic E-state index is 12.5. The van der Waals surface area contributed by atoms with Crippen LogP contribution in [0.5, 0.6) is 0 Å². The van der Waals surface area contributed by atoms with Gasteiger partial charge in [0.1, 0.15) is 6.10 Å². The minimum absolute atomic E-state index is 0.154. The first-order valence-electron chi connectivity index (χ1n) is 10.1. The third-order valence-corrected chi connectivity index (χ3v) is 6.43. The van der Waals surface area contributed by atoms with Gasteiger partial charge in [0.15, 0.2) is 0 Å². The van der Waals surface area contributed by atoms with E-state index in [2.05, 4.69) is 33.8 Å². The molecule has 5 heteroatoms. The van der Waals surface area contributed by atoms with E-state index in [0.29, 0.717) is 23.0 Å². The lowest BCUT2D eigenvalue weighted by molar-refractivity contribution is -0.156. The van der Waals surface area contributed by atoms with Gasteiger partial charge in [0, 0.05) is 24.0 Å². The molecule has 0 aromatic rings. The summed E-state index contributed by atoms with van der Waals surface area (Å²) in [5.74, 6) is 0.219. The number of allylic oxidation sites excluding steroid dienone is 2. The number of carbonyl (C=O) groups is 2. The number of rotatable bonds is 5. The number of ether oxygens (including phenoxy) is 2. The van der Waals surface area contributed by atoms with E-state index in [1.165, 1.54) is 12.5 Å². The maximum Gasteiger partial charge on any atom is 0.337 e. The van der Waals surface area contributed by atoms with Gasteiger partial charge in [-0.3, -0.25) is 4.79 Å². The third-order valence-electron chi connectivity index (χ3n) is 6.43. The van der Waals surface area contributed by atoms with Gasteiger partial charge in [-0.2, -0.15) is 0 Å². The van der Waals surface area contributed by atoms with Gasteiger partial charge in [-0.1, -0.05) is 25.5 Å². The number of fused-ring (bicyclic) bond motifs is 2. The lowest BCUT2D eigenvalue weighted by Crippen LogP contribution is -2.38. The van der Waals surface area contributed by atoms with Gasteiger partial charge < -0.3 is 14.6 Å². The van der Waals surface area contributed by atoms with Crippen LogP contribution in [0.3, 0.4) is 0 Å². The van der Waals surface area contributed by atoms with Gasteiger partial charge in [0.2, 0.25) is 6.29 Å². The second kappa shape index (κ2) is 7.78. The SMILES string of the molecule is CC(=O)O[C@H]1C[C@H](C)[C@H]2C[C@H]2C2=C([C@H]1[C@@H](C)CCC=C(C)C)[C@@H](O)OC2=O. The van der Waals surface area contributed by atoms with Crippen LogP contribution >= 0.6 is 0 Å². The van der Waals surface area contributed by atoms with Gasteiger partial charge in [0.25, 0.3) is 0 Å². The fourth-order valence-electron chi connectivity index (χ4n) is 5.07. The van der Waals surface area contributed by atoms with Crippen molar-refractivity contribution in [3.8, 4) is 0 Å².